The number of rotatable bonds is 0. The summed E-state index contributed by atoms with van der Waals surface area (Å²) in [5.74, 6) is 5.61. The molecule has 60 valence electrons. The minimum absolute atomic E-state index is 0.0219. The van der Waals surface area contributed by atoms with E-state index in [0.717, 1.165) is 26.1 Å². The Morgan fingerprint density at radius 3 is 2.80 bits per heavy atom. The molecule has 3 heteroatoms. The molecule has 0 amide bonds. The van der Waals surface area contributed by atoms with Crippen LogP contribution in [0.3, 0.4) is 0 Å². The number of ether oxygens (including phenoxy) is 1. The lowest BCUT2D eigenvalue weighted by Gasteiger charge is -2.21. The second-order valence-electron chi connectivity index (χ2n) is 3.39. The van der Waals surface area contributed by atoms with Gasteiger partial charge in [0.15, 0.2) is 0 Å². The van der Waals surface area contributed by atoms with Crippen molar-refractivity contribution in [2.75, 3.05) is 19.7 Å². The van der Waals surface area contributed by atoms with Crippen LogP contribution in [-0.2, 0) is 4.74 Å². The normalized spacial score (nSPS) is 27.9. The maximum Gasteiger partial charge on any atom is 0.0639 e. The van der Waals surface area contributed by atoms with Gasteiger partial charge in [-0.25, -0.2) is 5.01 Å². The Hall–Kier alpha value is -0.120. The van der Waals surface area contributed by atoms with E-state index in [0.29, 0.717) is 0 Å². The monoisotopic (exact) mass is 144 g/mol. The van der Waals surface area contributed by atoms with Gasteiger partial charge in [-0.3, -0.25) is 5.84 Å². The summed E-state index contributed by atoms with van der Waals surface area (Å²) < 4.78 is 5.54. The molecule has 0 aromatic rings. The van der Waals surface area contributed by atoms with Gasteiger partial charge in [0.25, 0.3) is 0 Å². The van der Waals surface area contributed by atoms with Gasteiger partial charge < -0.3 is 4.74 Å². The minimum Gasteiger partial charge on any atom is -0.374 e. The molecule has 0 bridgehead atoms. The minimum atomic E-state index is 0.0219. The fraction of sp³-hybridized carbons (Fsp3) is 1.00. The lowest BCUT2D eigenvalue weighted by atomic mass is 10.1. The SMILES string of the molecule is CC1(C)CCN(N)CCO1. The standard InChI is InChI=1S/C7H16N2O/c1-7(2)3-4-9(8)5-6-10-7/h3-6,8H2,1-2H3. The van der Waals surface area contributed by atoms with E-state index < -0.39 is 0 Å². The quantitative estimate of drug-likeness (QED) is 0.499. The lowest BCUT2D eigenvalue weighted by Crippen LogP contribution is -2.33. The molecule has 0 radical (unpaired) electrons. The van der Waals surface area contributed by atoms with Crippen molar-refractivity contribution in [1.82, 2.24) is 5.01 Å². The fourth-order valence-corrected chi connectivity index (χ4v) is 1.04. The zero-order valence-corrected chi connectivity index (χ0v) is 6.76. The van der Waals surface area contributed by atoms with Gasteiger partial charge in [-0.2, -0.15) is 0 Å². The number of hydrogen-bond donors (Lipinski definition) is 1. The molecule has 1 aliphatic heterocycles. The summed E-state index contributed by atoms with van der Waals surface area (Å²) in [6.07, 6.45) is 1.02. The van der Waals surface area contributed by atoms with Crippen LogP contribution >= 0.6 is 0 Å². The third-order valence-corrected chi connectivity index (χ3v) is 1.87. The van der Waals surface area contributed by atoms with Crippen LogP contribution < -0.4 is 5.84 Å². The van der Waals surface area contributed by atoms with Crippen LogP contribution in [-0.4, -0.2) is 30.3 Å². The van der Waals surface area contributed by atoms with Crippen LogP contribution in [0, 0.1) is 0 Å². The molecule has 0 aromatic carbocycles. The predicted molar refractivity (Wildman–Crippen MR) is 40.4 cm³/mol. The van der Waals surface area contributed by atoms with Crippen molar-refractivity contribution in [2.24, 2.45) is 5.84 Å². The molecule has 0 atom stereocenters. The van der Waals surface area contributed by atoms with Crippen LogP contribution in [0.4, 0.5) is 0 Å². The lowest BCUT2D eigenvalue weighted by molar-refractivity contribution is -0.00858. The highest BCUT2D eigenvalue weighted by atomic mass is 16.5. The molecule has 0 unspecified atom stereocenters. The maximum absolute atomic E-state index is 5.61. The maximum atomic E-state index is 5.61. The van der Waals surface area contributed by atoms with Crippen molar-refractivity contribution >= 4 is 0 Å². The molecule has 3 nitrogen and oxygen atoms in total. The Bertz CT molecular complexity index is 114. The highest BCUT2D eigenvalue weighted by molar-refractivity contribution is 4.72. The molecule has 1 fully saturated rings. The Morgan fingerprint density at radius 1 is 1.40 bits per heavy atom. The van der Waals surface area contributed by atoms with E-state index in [-0.39, 0.29) is 5.60 Å². The summed E-state index contributed by atoms with van der Waals surface area (Å²) >= 11 is 0. The summed E-state index contributed by atoms with van der Waals surface area (Å²) in [6, 6.07) is 0. The van der Waals surface area contributed by atoms with Gasteiger partial charge in [-0.1, -0.05) is 0 Å². The summed E-state index contributed by atoms with van der Waals surface area (Å²) in [4.78, 5) is 0. The first kappa shape index (κ1) is 7.98. The van der Waals surface area contributed by atoms with Crippen LogP contribution in [0.25, 0.3) is 0 Å². The molecule has 2 N–H and O–H groups in total. The molecular formula is C7H16N2O. The summed E-state index contributed by atoms with van der Waals surface area (Å²) in [5, 5.41) is 1.81. The average Bonchev–Trinajstić information content (AvgIpc) is 1.94. The summed E-state index contributed by atoms with van der Waals surface area (Å²) in [6.45, 7) is 6.75. The van der Waals surface area contributed by atoms with Gasteiger partial charge in [0, 0.05) is 13.1 Å². The Kier molecular flexibility index (Phi) is 2.28. The summed E-state index contributed by atoms with van der Waals surface area (Å²) in [5.41, 5.74) is 0.0219. The molecule has 10 heavy (non-hydrogen) atoms. The van der Waals surface area contributed by atoms with E-state index in [1.54, 1.807) is 0 Å². The second kappa shape index (κ2) is 2.86. The number of nitrogens with two attached hydrogens (primary N) is 1. The predicted octanol–water partition coefficient (Wildman–Crippen LogP) is 0.361. The third kappa shape index (κ3) is 2.25. The Labute approximate surface area is 62.1 Å². The highest BCUT2D eigenvalue weighted by Crippen LogP contribution is 2.16. The van der Waals surface area contributed by atoms with E-state index >= 15 is 0 Å². The van der Waals surface area contributed by atoms with E-state index in [4.69, 9.17) is 10.6 Å². The first-order valence-electron chi connectivity index (χ1n) is 3.74. The molecule has 0 aromatic heterocycles. The Morgan fingerprint density at radius 2 is 2.10 bits per heavy atom. The largest absolute Gasteiger partial charge is 0.374 e. The van der Waals surface area contributed by atoms with Crippen LogP contribution in [0.5, 0.6) is 0 Å². The zero-order chi connectivity index (χ0) is 7.61. The van der Waals surface area contributed by atoms with Crippen LogP contribution in [0.1, 0.15) is 20.3 Å². The van der Waals surface area contributed by atoms with Crippen molar-refractivity contribution in [2.45, 2.75) is 25.9 Å². The topological polar surface area (TPSA) is 38.5 Å². The first-order valence-corrected chi connectivity index (χ1v) is 3.74. The van der Waals surface area contributed by atoms with E-state index in [1.807, 2.05) is 5.01 Å². The van der Waals surface area contributed by atoms with Crippen molar-refractivity contribution in [3.63, 3.8) is 0 Å². The first-order chi connectivity index (χ1) is 4.60. The zero-order valence-electron chi connectivity index (χ0n) is 6.76. The second-order valence-corrected chi connectivity index (χ2v) is 3.39. The fourth-order valence-electron chi connectivity index (χ4n) is 1.04. The molecule has 1 aliphatic rings. The number of hydrogen-bond acceptors (Lipinski definition) is 3. The van der Waals surface area contributed by atoms with E-state index in [9.17, 15) is 0 Å². The molecule has 1 rings (SSSR count). The average molecular weight is 144 g/mol. The molecule has 0 saturated carbocycles. The molecule has 0 aliphatic carbocycles. The van der Waals surface area contributed by atoms with Crippen molar-refractivity contribution in [3.8, 4) is 0 Å². The van der Waals surface area contributed by atoms with Gasteiger partial charge in [0.1, 0.15) is 0 Å². The van der Waals surface area contributed by atoms with Crippen molar-refractivity contribution in [3.05, 3.63) is 0 Å². The smallest absolute Gasteiger partial charge is 0.0639 e. The molecular weight excluding hydrogens is 128 g/mol. The van der Waals surface area contributed by atoms with E-state index in [1.165, 1.54) is 0 Å². The van der Waals surface area contributed by atoms with Crippen LogP contribution in [0.2, 0.25) is 0 Å². The van der Waals surface area contributed by atoms with Gasteiger partial charge in [-0.05, 0) is 20.3 Å². The molecule has 1 heterocycles. The molecule has 0 spiro atoms. The van der Waals surface area contributed by atoms with Gasteiger partial charge in [-0.15, -0.1) is 0 Å². The Balaban J connectivity index is 2.41. The van der Waals surface area contributed by atoms with Crippen molar-refractivity contribution in [1.29, 1.82) is 0 Å². The molecule has 1 saturated heterocycles. The van der Waals surface area contributed by atoms with Crippen molar-refractivity contribution < 1.29 is 4.74 Å². The third-order valence-electron chi connectivity index (χ3n) is 1.87. The highest BCUT2D eigenvalue weighted by Gasteiger charge is 2.21. The van der Waals surface area contributed by atoms with Crippen LogP contribution in [0.15, 0.2) is 0 Å². The van der Waals surface area contributed by atoms with Gasteiger partial charge >= 0.3 is 0 Å². The van der Waals surface area contributed by atoms with E-state index in [2.05, 4.69) is 13.8 Å². The van der Waals surface area contributed by atoms with Gasteiger partial charge in [0.2, 0.25) is 0 Å². The van der Waals surface area contributed by atoms with Gasteiger partial charge in [0.05, 0.1) is 12.2 Å². The number of hydrazine groups is 1. The number of nitrogens with zero attached hydrogens (tertiary/aromatic N) is 1. The summed E-state index contributed by atoms with van der Waals surface area (Å²) in [7, 11) is 0.